The molecule has 100 valence electrons. The largest absolute Gasteiger partial charge is 1.00 e. The minimum absolute atomic E-state index is 0. The van der Waals surface area contributed by atoms with E-state index in [1.807, 2.05) is 12.1 Å². The maximum absolute atomic E-state index is 5.87. The molecule has 0 amide bonds. The lowest BCUT2D eigenvalue weighted by Gasteiger charge is -1.99. The fraction of sp³-hybridized carbons (Fsp3) is 0.0625. The van der Waals surface area contributed by atoms with E-state index in [1.165, 1.54) is 22.2 Å². The number of nitrogen functional groups attached to an aromatic ring is 1. The van der Waals surface area contributed by atoms with Crippen molar-refractivity contribution in [2.75, 3.05) is 5.73 Å². The number of hydrogen-bond donors (Lipinski definition) is 1. The van der Waals surface area contributed by atoms with Gasteiger partial charge in [-0.2, -0.15) is 4.40 Å². The molecule has 3 nitrogen and oxygen atoms in total. The number of pyridine rings is 1. The van der Waals surface area contributed by atoms with Crippen molar-refractivity contribution in [3.05, 3.63) is 54.6 Å². The third-order valence-electron chi connectivity index (χ3n) is 3.76. The van der Waals surface area contributed by atoms with Gasteiger partial charge in [-0.25, -0.2) is 4.57 Å². The van der Waals surface area contributed by atoms with Gasteiger partial charge in [0.1, 0.15) is 5.52 Å². The highest BCUT2D eigenvalue weighted by Gasteiger charge is 2.17. The van der Waals surface area contributed by atoms with Gasteiger partial charge in [0.05, 0.1) is 7.05 Å². The van der Waals surface area contributed by atoms with E-state index in [4.69, 9.17) is 5.73 Å². The molecule has 2 aromatic carbocycles. The molecule has 0 spiro atoms. The van der Waals surface area contributed by atoms with E-state index in [0.29, 0.717) is 0 Å². The van der Waals surface area contributed by atoms with Gasteiger partial charge in [-0.05, 0) is 36.4 Å². The van der Waals surface area contributed by atoms with Crippen LogP contribution in [0.4, 0.5) is 5.69 Å². The molecule has 0 aliphatic rings. The Morgan fingerprint density at radius 3 is 2.60 bits per heavy atom. The zero-order chi connectivity index (χ0) is 13.0. The van der Waals surface area contributed by atoms with E-state index in [2.05, 4.69) is 58.5 Å². The van der Waals surface area contributed by atoms with Gasteiger partial charge in [-0.3, -0.25) is 0 Å². The topological polar surface area (TPSA) is 35.0 Å². The molecule has 2 heterocycles. The number of nitrogens with zero attached hydrogens (tertiary/aromatic N) is 2. The molecule has 0 radical (unpaired) electrons. The van der Waals surface area contributed by atoms with Gasteiger partial charge in [0, 0.05) is 17.1 Å². The summed E-state index contributed by atoms with van der Waals surface area (Å²) in [5.74, 6) is 0. The molecule has 0 unspecified atom stereocenters. The Kier molecular flexibility index (Phi) is 2.80. The molecule has 20 heavy (non-hydrogen) atoms. The molecule has 4 heteroatoms. The smallest absolute Gasteiger partial charge is 0.287 e. The summed E-state index contributed by atoms with van der Waals surface area (Å²) in [5.41, 5.74) is 11.5. The van der Waals surface area contributed by atoms with Crippen LogP contribution in [-0.2, 0) is 7.05 Å². The molecule has 4 aromatic rings. The Morgan fingerprint density at radius 1 is 0.950 bits per heavy atom. The fourth-order valence-electron chi connectivity index (χ4n) is 2.85. The van der Waals surface area contributed by atoms with Gasteiger partial charge in [-0.15, -0.1) is 0 Å². The number of anilines is 1. The molecule has 2 aromatic heterocycles. The standard InChI is InChI=1S/C16H14N3.ClH/c1-18-14-4-2-3-5-15(14)19-13-8-7-12(17)10-11(13)6-9-16(18)19;/h2-10H,17H2,1H3;1H/q+1;/p-1. The van der Waals surface area contributed by atoms with Crippen molar-refractivity contribution in [1.82, 2.24) is 4.57 Å². The SMILES string of the molecule is Cn1c2ccccc2[n+]2c3ccc(N)cc3ccc12.[Cl-]. The third kappa shape index (κ3) is 1.57. The molecule has 0 aliphatic carbocycles. The van der Waals surface area contributed by atoms with Crippen molar-refractivity contribution in [1.29, 1.82) is 0 Å². The second-order valence-corrected chi connectivity index (χ2v) is 4.89. The molecular weight excluding hydrogens is 270 g/mol. The van der Waals surface area contributed by atoms with Crippen molar-refractivity contribution >= 4 is 33.3 Å². The summed E-state index contributed by atoms with van der Waals surface area (Å²) in [6.45, 7) is 0. The first-order valence-electron chi connectivity index (χ1n) is 6.33. The average molecular weight is 284 g/mol. The van der Waals surface area contributed by atoms with Crippen LogP contribution in [0.2, 0.25) is 0 Å². The molecule has 0 fully saturated rings. The van der Waals surface area contributed by atoms with Gasteiger partial charge in [0.15, 0.2) is 11.0 Å². The van der Waals surface area contributed by atoms with Crippen molar-refractivity contribution in [2.45, 2.75) is 0 Å². The number of nitrogens with two attached hydrogens (primary N) is 1. The number of hydrogen-bond acceptors (Lipinski definition) is 1. The predicted molar refractivity (Wildman–Crippen MR) is 78.0 cm³/mol. The Balaban J connectivity index is 0.00000121. The van der Waals surface area contributed by atoms with Crippen LogP contribution in [0.25, 0.3) is 27.6 Å². The second-order valence-electron chi connectivity index (χ2n) is 4.89. The molecule has 0 saturated carbocycles. The number of rotatable bonds is 0. The van der Waals surface area contributed by atoms with E-state index in [-0.39, 0.29) is 12.4 Å². The Labute approximate surface area is 122 Å². The van der Waals surface area contributed by atoms with E-state index >= 15 is 0 Å². The number of para-hydroxylation sites is 2. The van der Waals surface area contributed by atoms with Crippen LogP contribution in [0.15, 0.2) is 54.6 Å². The molecule has 4 rings (SSSR count). The van der Waals surface area contributed by atoms with Gasteiger partial charge in [-0.1, -0.05) is 12.1 Å². The van der Waals surface area contributed by atoms with Gasteiger partial charge in [0.25, 0.3) is 5.65 Å². The number of imidazole rings is 1. The van der Waals surface area contributed by atoms with Crippen LogP contribution in [0.1, 0.15) is 0 Å². The van der Waals surface area contributed by atoms with Crippen molar-refractivity contribution < 1.29 is 16.8 Å². The first-order valence-corrected chi connectivity index (χ1v) is 6.33. The quantitative estimate of drug-likeness (QED) is 0.348. The van der Waals surface area contributed by atoms with Crippen LogP contribution in [0.5, 0.6) is 0 Å². The molecular formula is C16H14ClN3. The lowest BCUT2D eigenvalue weighted by Crippen LogP contribution is -3.00. The lowest BCUT2D eigenvalue weighted by molar-refractivity contribution is -0.450. The van der Waals surface area contributed by atoms with Gasteiger partial charge < -0.3 is 18.1 Å². The first kappa shape index (κ1) is 12.8. The van der Waals surface area contributed by atoms with Crippen LogP contribution >= 0.6 is 0 Å². The highest BCUT2D eigenvalue weighted by molar-refractivity contribution is 5.84. The zero-order valence-electron chi connectivity index (χ0n) is 11.0. The highest BCUT2D eigenvalue weighted by atomic mass is 35.5. The molecule has 2 N–H and O–H groups in total. The predicted octanol–water partition coefficient (Wildman–Crippen LogP) is -0.344. The van der Waals surface area contributed by atoms with E-state index in [0.717, 1.165) is 11.1 Å². The number of fused-ring (bicyclic) bond motifs is 5. The van der Waals surface area contributed by atoms with Crippen LogP contribution in [0.3, 0.4) is 0 Å². The Bertz CT molecular complexity index is 941. The fourth-order valence-corrected chi connectivity index (χ4v) is 2.85. The first-order chi connectivity index (χ1) is 9.25. The zero-order valence-corrected chi connectivity index (χ0v) is 11.8. The summed E-state index contributed by atoms with van der Waals surface area (Å²) in [7, 11) is 2.10. The monoisotopic (exact) mass is 283 g/mol. The number of halogens is 1. The van der Waals surface area contributed by atoms with Gasteiger partial charge in [0.2, 0.25) is 0 Å². The van der Waals surface area contributed by atoms with E-state index < -0.39 is 0 Å². The van der Waals surface area contributed by atoms with Crippen LogP contribution in [0, 0.1) is 0 Å². The summed E-state index contributed by atoms with van der Waals surface area (Å²) in [6, 6.07) is 18.8. The molecule has 0 bridgehead atoms. The molecule has 0 atom stereocenters. The number of aromatic nitrogens is 2. The van der Waals surface area contributed by atoms with Crippen molar-refractivity contribution in [3.63, 3.8) is 0 Å². The average Bonchev–Trinajstić information content (AvgIpc) is 2.73. The van der Waals surface area contributed by atoms with Crippen molar-refractivity contribution in [3.8, 4) is 0 Å². The van der Waals surface area contributed by atoms with Crippen LogP contribution in [-0.4, -0.2) is 4.57 Å². The number of aryl methyl sites for hydroxylation is 1. The summed E-state index contributed by atoms with van der Waals surface area (Å²) in [5, 5.41) is 1.16. The van der Waals surface area contributed by atoms with Crippen LogP contribution < -0.4 is 22.5 Å². The summed E-state index contributed by atoms with van der Waals surface area (Å²) < 4.78 is 4.50. The summed E-state index contributed by atoms with van der Waals surface area (Å²) in [6.07, 6.45) is 0. The minimum atomic E-state index is 0. The molecule has 0 saturated heterocycles. The second kappa shape index (κ2) is 4.39. The van der Waals surface area contributed by atoms with E-state index in [1.54, 1.807) is 0 Å². The maximum atomic E-state index is 5.87. The highest BCUT2D eigenvalue weighted by Crippen LogP contribution is 2.20. The number of benzene rings is 2. The normalized spacial score (nSPS) is 11.1. The molecule has 0 aliphatic heterocycles. The summed E-state index contributed by atoms with van der Waals surface area (Å²) >= 11 is 0. The van der Waals surface area contributed by atoms with Crippen molar-refractivity contribution in [2.24, 2.45) is 7.05 Å². The maximum Gasteiger partial charge on any atom is 0.287 e. The summed E-state index contributed by atoms with van der Waals surface area (Å²) in [4.78, 5) is 0. The van der Waals surface area contributed by atoms with Gasteiger partial charge >= 0.3 is 0 Å². The Hall–Kier alpha value is -2.26. The third-order valence-corrected chi connectivity index (χ3v) is 3.76. The minimum Gasteiger partial charge on any atom is -1.00 e. The van der Waals surface area contributed by atoms with E-state index in [9.17, 15) is 0 Å². The Morgan fingerprint density at radius 2 is 1.75 bits per heavy atom. The lowest BCUT2D eigenvalue weighted by atomic mass is 10.2.